The maximum atomic E-state index is 11.6. The van der Waals surface area contributed by atoms with Crippen molar-refractivity contribution < 1.29 is 19.2 Å². The van der Waals surface area contributed by atoms with Crippen LogP contribution < -0.4 is 15.5 Å². The monoisotopic (exact) mass is 382 g/mol. The van der Waals surface area contributed by atoms with Crippen molar-refractivity contribution in [3.05, 3.63) is 69.8 Å². The molecule has 9 nitrogen and oxygen atoms in total. The number of rotatable bonds is 7. The smallest absolute Gasteiger partial charge is 0.329 e. The summed E-state index contributed by atoms with van der Waals surface area (Å²) in [7, 11) is 0. The second-order valence-corrected chi connectivity index (χ2v) is 6.23. The summed E-state index contributed by atoms with van der Waals surface area (Å²) >= 11 is 0. The fourth-order valence-corrected chi connectivity index (χ4v) is 2.26. The number of nitro benzene ring substituents is 1. The van der Waals surface area contributed by atoms with Gasteiger partial charge in [-0.3, -0.25) is 19.7 Å². The van der Waals surface area contributed by atoms with E-state index < -0.39 is 16.7 Å². The molecular formula is C19H18N4O5. The molecule has 0 spiro atoms. The zero-order valence-electron chi connectivity index (χ0n) is 14.8. The Morgan fingerprint density at radius 3 is 2.61 bits per heavy atom. The number of hydrogen-bond donors (Lipinski definition) is 2. The van der Waals surface area contributed by atoms with Crippen molar-refractivity contribution in [2.24, 2.45) is 5.10 Å². The summed E-state index contributed by atoms with van der Waals surface area (Å²) in [5.41, 5.74) is 3.66. The van der Waals surface area contributed by atoms with Crippen LogP contribution >= 0.6 is 0 Å². The Kier molecular flexibility index (Phi) is 5.95. The number of benzene rings is 2. The number of hydrazone groups is 1. The Labute approximate surface area is 160 Å². The molecule has 1 aliphatic carbocycles. The molecule has 0 aromatic heterocycles. The van der Waals surface area contributed by atoms with E-state index in [-0.39, 0.29) is 18.3 Å². The zero-order chi connectivity index (χ0) is 19.9. The summed E-state index contributed by atoms with van der Waals surface area (Å²) in [6.07, 6.45) is 3.20. The average molecular weight is 382 g/mol. The van der Waals surface area contributed by atoms with Crippen LogP contribution in [0.2, 0.25) is 0 Å². The van der Waals surface area contributed by atoms with E-state index in [9.17, 15) is 19.7 Å². The molecule has 2 aromatic rings. The van der Waals surface area contributed by atoms with Gasteiger partial charge in [-0.25, -0.2) is 5.43 Å². The molecule has 0 heterocycles. The van der Waals surface area contributed by atoms with E-state index in [2.05, 4.69) is 15.8 Å². The van der Waals surface area contributed by atoms with Crippen LogP contribution in [0.3, 0.4) is 0 Å². The molecule has 0 unspecified atom stereocenters. The van der Waals surface area contributed by atoms with Crippen molar-refractivity contribution in [3.8, 4) is 5.75 Å². The summed E-state index contributed by atoms with van der Waals surface area (Å²) in [4.78, 5) is 33.3. The molecule has 0 aliphatic heterocycles. The fraction of sp³-hybridized carbons (Fsp3) is 0.211. The minimum absolute atomic E-state index is 0.0230. The van der Waals surface area contributed by atoms with Crippen molar-refractivity contribution in [3.63, 3.8) is 0 Å². The highest BCUT2D eigenvalue weighted by Gasteiger charge is 2.26. The topological polar surface area (TPSA) is 123 Å². The van der Waals surface area contributed by atoms with Gasteiger partial charge in [-0.2, -0.15) is 5.10 Å². The van der Waals surface area contributed by atoms with Gasteiger partial charge in [0.05, 0.1) is 11.1 Å². The van der Waals surface area contributed by atoms with E-state index in [1.807, 2.05) is 0 Å². The number of nitro groups is 1. The lowest BCUT2D eigenvalue weighted by molar-refractivity contribution is -0.384. The number of nitrogens with zero attached hydrogens (tertiary/aromatic N) is 2. The molecule has 1 saturated carbocycles. The molecule has 3 rings (SSSR count). The predicted octanol–water partition coefficient (Wildman–Crippen LogP) is 1.90. The maximum absolute atomic E-state index is 11.6. The van der Waals surface area contributed by atoms with Crippen molar-refractivity contribution in [2.45, 2.75) is 25.5 Å². The number of nitrogens with one attached hydrogen (secondary N) is 2. The third kappa shape index (κ3) is 5.63. The number of non-ortho nitro benzene ring substituents is 1. The normalized spacial score (nSPS) is 13.1. The molecule has 2 amide bonds. The van der Waals surface area contributed by atoms with Crippen LogP contribution in [0.25, 0.3) is 0 Å². The van der Waals surface area contributed by atoms with Gasteiger partial charge < -0.3 is 10.1 Å². The molecule has 28 heavy (non-hydrogen) atoms. The Hall–Kier alpha value is -3.75. The third-order valence-corrected chi connectivity index (χ3v) is 3.91. The summed E-state index contributed by atoms with van der Waals surface area (Å²) in [6, 6.07) is 13.2. The highest BCUT2D eigenvalue weighted by atomic mass is 16.6. The van der Waals surface area contributed by atoms with Crippen LogP contribution in [-0.4, -0.2) is 29.0 Å². The van der Waals surface area contributed by atoms with Crippen LogP contribution in [-0.2, 0) is 16.2 Å². The summed E-state index contributed by atoms with van der Waals surface area (Å²) in [5, 5.41) is 17.0. The fourth-order valence-electron chi connectivity index (χ4n) is 2.26. The first kappa shape index (κ1) is 19.0. The number of carbonyl (C=O) groups is 2. The van der Waals surface area contributed by atoms with Crippen LogP contribution in [0.5, 0.6) is 5.75 Å². The lowest BCUT2D eigenvalue weighted by Crippen LogP contribution is -2.38. The van der Waals surface area contributed by atoms with Crippen LogP contribution in [0.15, 0.2) is 53.6 Å². The molecule has 1 aliphatic rings. The largest absolute Gasteiger partial charge is 0.489 e. The molecule has 0 radical (unpaired) electrons. The van der Waals surface area contributed by atoms with Gasteiger partial charge in [-0.05, 0) is 48.2 Å². The molecular weight excluding hydrogens is 364 g/mol. The number of carbonyl (C=O) groups excluding carboxylic acids is 2. The van der Waals surface area contributed by atoms with E-state index in [1.165, 1.54) is 18.3 Å². The zero-order valence-corrected chi connectivity index (χ0v) is 14.8. The second-order valence-electron chi connectivity index (χ2n) is 6.23. The van der Waals surface area contributed by atoms with Gasteiger partial charge in [0, 0.05) is 18.2 Å². The molecule has 2 aromatic carbocycles. The first-order chi connectivity index (χ1) is 13.5. The van der Waals surface area contributed by atoms with Gasteiger partial charge in [0.25, 0.3) is 5.69 Å². The van der Waals surface area contributed by atoms with Gasteiger partial charge in [0.2, 0.25) is 0 Å². The van der Waals surface area contributed by atoms with E-state index in [4.69, 9.17) is 4.74 Å². The average Bonchev–Trinajstić information content (AvgIpc) is 3.51. The Bertz CT molecular complexity index is 907. The summed E-state index contributed by atoms with van der Waals surface area (Å²) in [6.45, 7) is 0.247. The first-order valence-electron chi connectivity index (χ1n) is 8.61. The van der Waals surface area contributed by atoms with Crippen LogP contribution in [0.1, 0.15) is 24.0 Å². The standard InChI is InChI=1S/C19H18N4O5/c24-18(21-15-6-7-15)19(25)22-20-11-14-2-1-3-17(10-14)28-12-13-4-8-16(9-5-13)23(26)27/h1-5,8-11,15H,6-7,12H2,(H,21,24)(H,22,25)/b20-11-. The SMILES string of the molecule is O=C(N/N=C\c1cccc(OCc2ccc([N+](=O)[O-])cc2)c1)C(=O)NC1CC1. The van der Waals surface area contributed by atoms with Crippen LogP contribution in [0.4, 0.5) is 5.69 Å². The van der Waals surface area contributed by atoms with Crippen molar-refractivity contribution in [1.82, 2.24) is 10.7 Å². The summed E-state index contributed by atoms with van der Waals surface area (Å²) < 4.78 is 5.67. The predicted molar refractivity (Wildman–Crippen MR) is 101 cm³/mol. The van der Waals surface area contributed by atoms with E-state index >= 15 is 0 Å². The Morgan fingerprint density at radius 1 is 1.18 bits per heavy atom. The van der Waals surface area contributed by atoms with E-state index in [0.717, 1.165) is 18.4 Å². The number of hydrogen-bond acceptors (Lipinski definition) is 6. The third-order valence-electron chi connectivity index (χ3n) is 3.91. The molecule has 0 bridgehead atoms. The summed E-state index contributed by atoms with van der Waals surface area (Å²) in [5.74, 6) is -0.936. The molecule has 144 valence electrons. The van der Waals surface area contributed by atoms with E-state index in [0.29, 0.717) is 11.3 Å². The van der Waals surface area contributed by atoms with Crippen LogP contribution in [0, 0.1) is 10.1 Å². The van der Waals surface area contributed by atoms with Gasteiger partial charge >= 0.3 is 11.8 Å². The molecule has 9 heteroatoms. The molecule has 0 saturated heterocycles. The minimum atomic E-state index is -0.811. The second kappa shape index (κ2) is 8.76. The highest BCUT2D eigenvalue weighted by Crippen LogP contribution is 2.18. The van der Waals surface area contributed by atoms with Gasteiger partial charge in [-0.15, -0.1) is 0 Å². The Morgan fingerprint density at radius 2 is 1.93 bits per heavy atom. The van der Waals surface area contributed by atoms with Gasteiger partial charge in [0.15, 0.2) is 0 Å². The van der Waals surface area contributed by atoms with Gasteiger partial charge in [0.1, 0.15) is 12.4 Å². The lowest BCUT2D eigenvalue weighted by atomic mass is 10.2. The van der Waals surface area contributed by atoms with Crippen molar-refractivity contribution in [2.75, 3.05) is 0 Å². The van der Waals surface area contributed by atoms with Crippen molar-refractivity contribution >= 4 is 23.7 Å². The van der Waals surface area contributed by atoms with Gasteiger partial charge in [-0.1, -0.05) is 12.1 Å². The lowest BCUT2D eigenvalue weighted by Gasteiger charge is -2.07. The number of ether oxygens (including phenoxy) is 1. The highest BCUT2D eigenvalue weighted by molar-refractivity contribution is 6.35. The molecule has 0 atom stereocenters. The maximum Gasteiger partial charge on any atom is 0.329 e. The molecule has 1 fully saturated rings. The van der Waals surface area contributed by atoms with E-state index in [1.54, 1.807) is 36.4 Å². The first-order valence-corrected chi connectivity index (χ1v) is 8.61. The molecule has 2 N–H and O–H groups in total. The van der Waals surface area contributed by atoms with Crippen molar-refractivity contribution in [1.29, 1.82) is 0 Å². The Balaban J connectivity index is 1.50. The minimum Gasteiger partial charge on any atom is -0.489 e. The number of amides is 2. The quantitative estimate of drug-likeness (QED) is 0.328.